The Morgan fingerprint density at radius 3 is 2.25 bits per heavy atom. The molecule has 0 amide bonds. The summed E-state index contributed by atoms with van der Waals surface area (Å²) in [5, 5.41) is 5.12. The van der Waals surface area contributed by atoms with Crippen LogP contribution in [0.3, 0.4) is 0 Å². The first kappa shape index (κ1) is 31.2. The fourth-order valence-corrected chi connectivity index (χ4v) is 6.78. The number of likely N-dealkylation sites (N-methyl/N-ethyl adjacent to an activating group) is 1. The lowest BCUT2D eigenvalue weighted by atomic mass is 9.77. The number of hydrogen-bond acceptors (Lipinski definition) is 3. The molecule has 226 valence electrons. The molecule has 0 N–H and O–H groups in total. The molecular weight excluding hydrogens is 536 g/mol. The van der Waals surface area contributed by atoms with E-state index in [2.05, 4.69) is 149 Å². The monoisotopic (exact) mass is 582 g/mol. The number of Topliss-reactive ketones (excluding diaryl/α,β-unsaturated/α-hetero) is 1. The van der Waals surface area contributed by atoms with Gasteiger partial charge in [0.1, 0.15) is 5.78 Å². The summed E-state index contributed by atoms with van der Waals surface area (Å²) in [6, 6.07) is 28.3. The van der Waals surface area contributed by atoms with Crippen molar-refractivity contribution in [1.29, 1.82) is 0 Å². The number of unbranched alkanes of at least 4 members (excludes halogenated alkanes) is 2. The van der Waals surface area contributed by atoms with E-state index < -0.39 is 0 Å². The summed E-state index contributed by atoms with van der Waals surface area (Å²) >= 11 is 0. The van der Waals surface area contributed by atoms with Gasteiger partial charge in [0.2, 0.25) is 0 Å². The van der Waals surface area contributed by atoms with Crippen LogP contribution in [-0.2, 0) is 15.6 Å². The van der Waals surface area contributed by atoms with E-state index >= 15 is 0 Å². The summed E-state index contributed by atoms with van der Waals surface area (Å²) < 4.78 is 0. The predicted molar refractivity (Wildman–Crippen MR) is 190 cm³/mol. The Balaban J connectivity index is 1.40. The third kappa shape index (κ3) is 6.33. The number of carbonyl (C=O) groups excluding carboxylic acids is 1. The highest BCUT2D eigenvalue weighted by Gasteiger charge is 2.39. The lowest BCUT2D eigenvalue weighted by Gasteiger charge is -2.27. The zero-order valence-electron chi connectivity index (χ0n) is 27.2. The molecule has 0 aliphatic carbocycles. The molecule has 4 aromatic rings. The van der Waals surface area contributed by atoms with Gasteiger partial charge >= 0.3 is 0 Å². The second-order valence-electron chi connectivity index (χ2n) is 13.1. The number of benzene rings is 4. The Morgan fingerprint density at radius 1 is 0.818 bits per heavy atom. The van der Waals surface area contributed by atoms with Gasteiger partial charge in [-0.2, -0.15) is 0 Å². The zero-order chi connectivity index (χ0) is 31.3. The van der Waals surface area contributed by atoms with Crippen LogP contribution in [0.1, 0.15) is 71.4 Å². The minimum absolute atomic E-state index is 0.107. The second kappa shape index (κ2) is 13.2. The molecule has 0 aromatic heterocycles. The van der Waals surface area contributed by atoms with Crippen molar-refractivity contribution in [1.82, 2.24) is 0 Å². The maximum Gasteiger partial charge on any atom is 0.129 e. The Bertz CT molecular complexity index is 1780. The van der Waals surface area contributed by atoms with Crippen molar-refractivity contribution < 1.29 is 4.79 Å². The normalized spacial score (nSPS) is 16.2. The standard InChI is InChI=1S/C41H46N2O/c1-30(44)18-9-8-16-29-42-37(40(2,3)35-24-17-21-31-19-12-14-22-33(31)35)25-10-7-11-26-38-41(4,5)39-34-23-15-13-20-32(34)27-28-36(39)43(38)6/h7,10-15,17,19-28H,8-9,16,18,29H2,1-6H3/b11-7+,25-10+,38-26+,42-37+. The maximum atomic E-state index is 11.3. The number of carbonyl (C=O) groups is 1. The van der Waals surface area contributed by atoms with E-state index in [0.717, 1.165) is 31.5 Å². The molecule has 0 spiro atoms. The molecule has 0 radical (unpaired) electrons. The first-order valence-electron chi connectivity index (χ1n) is 16.0. The predicted octanol–water partition coefficient (Wildman–Crippen LogP) is 10.3. The van der Waals surface area contributed by atoms with Crippen molar-refractivity contribution in [2.45, 2.75) is 71.1 Å². The van der Waals surface area contributed by atoms with Crippen LogP contribution in [0, 0.1) is 0 Å². The largest absolute Gasteiger partial charge is 0.347 e. The van der Waals surface area contributed by atoms with Gasteiger partial charge < -0.3 is 9.69 Å². The number of ketones is 1. The maximum absolute atomic E-state index is 11.3. The Kier molecular flexibility index (Phi) is 9.34. The van der Waals surface area contributed by atoms with Crippen molar-refractivity contribution in [3.05, 3.63) is 126 Å². The molecule has 0 bridgehead atoms. The minimum Gasteiger partial charge on any atom is -0.347 e. The molecule has 0 saturated carbocycles. The third-order valence-corrected chi connectivity index (χ3v) is 9.20. The van der Waals surface area contributed by atoms with Crippen LogP contribution < -0.4 is 4.90 Å². The highest BCUT2D eigenvalue weighted by atomic mass is 16.1. The smallest absolute Gasteiger partial charge is 0.129 e. The van der Waals surface area contributed by atoms with E-state index in [-0.39, 0.29) is 16.6 Å². The van der Waals surface area contributed by atoms with Crippen molar-refractivity contribution in [2.24, 2.45) is 4.99 Å². The van der Waals surface area contributed by atoms with Crippen LogP contribution in [0.2, 0.25) is 0 Å². The summed E-state index contributed by atoms with van der Waals surface area (Å²) in [5.41, 5.74) is 5.91. The first-order valence-corrected chi connectivity index (χ1v) is 16.0. The molecule has 0 unspecified atom stereocenters. The van der Waals surface area contributed by atoms with Gasteiger partial charge in [-0.3, -0.25) is 4.99 Å². The molecular formula is C41H46N2O. The molecule has 4 aromatic carbocycles. The minimum atomic E-state index is -0.278. The van der Waals surface area contributed by atoms with Gasteiger partial charge in [0.15, 0.2) is 0 Å². The summed E-state index contributed by atoms with van der Waals surface area (Å²) in [6.45, 7) is 11.6. The van der Waals surface area contributed by atoms with Crippen molar-refractivity contribution in [3.8, 4) is 0 Å². The van der Waals surface area contributed by atoms with Gasteiger partial charge in [0.25, 0.3) is 0 Å². The molecule has 1 aliphatic heterocycles. The SMILES string of the molecule is CC(=O)CCCCC\N=C(/C=C/C=C/C=C1/N(C)c2ccc3ccccc3c2C1(C)C)C(C)(C)c1cccc2ccccc12. The van der Waals surface area contributed by atoms with Gasteiger partial charge in [-0.1, -0.05) is 125 Å². The average molecular weight is 583 g/mol. The van der Waals surface area contributed by atoms with Crippen LogP contribution >= 0.6 is 0 Å². The highest BCUT2D eigenvalue weighted by Crippen LogP contribution is 2.49. The Morgan fingerprint density at radius 2 is 1.50 bits per heavy atom. The molecule has 5 rings (SSSR count). The van der Waals surface area contributed by atoms with Gasteiger partial charge in [-0.05, 0) is 70.7 Å². The number of aliphatic imine (C=N–C) groups is 1. The molecule has 44 heavy (non-hydrogen) atoms. The van der Waals surface area contributed by atoms with Crippen LogP contribution in [0.25, 0.3) is 21.5 Å². The van der Waals surface area contributed by atoms with Crippen molar-refractivity contribution in [2.75, 3.05) is 18.5 Å². The summed E-state index contributed by atoms with van der Waals surface area (Å²) in [7, 11) is 2.17. The molecule has 0 fully saturated rings. The van der Waals surface area contributed by atoms with Crippen LogP contribution in [-0.4, -0.2) is 25.1 Å². The molecule has 1 aliphatic rings. The van der Waals surface area contributed by atoms with E-state index in [4.69, 9.17) is 4.99 Å². The number of fused-ring (bicyclic) bond motifs is 4. The van der Waals surface area contributed by atoms with E-state index in [1.807, 2.05) is 0 Å². The number of rotatable bonds is 11. The van der Waals surface area contributed by atoms with Crippen molar-refractivity contribution >= 4 is 38.7 Å². The summed E-state index contributed by atoms with van der Waals surface area (Å²) in [4.78, 5) is 18.8. The quantitative estimate of drug-likeness (QED) is 0.100. The number of nitrogens with zero attached hydrogens (tertiary/aromatic N) is 2. The van der Waals surface area contributed by atoms with E-state index in [0.29, 0.717) is 6.42 Å². The third-order valence-electron chi connectivity index (χ3n) is 9.20. The summed E-state index contributed by atoms with van der Waals surface area (Å²) in [5.74, 6) is 0.264. The summed E-state index contributed by atoms with van der Waals surface area (Å²) in [6.07, 6.45) is 14.4. The van der Waals surface area contributed by atoms with Gasteiger partial charge in [-0.25, -0.2) is 0 Å². The highest BCUT2D eigenvalue weighted by molar-refractivity contribution is 6.06. The van der Waals surface area contributed by atoms with E-state index in [1.165, 1.54) is 44.1 Å². The van der Waals surface area contributed by atoms with E-state index in [9.17, 15) is 4.79 Å². The number of hydrogen-bond donors (Lipinski definition) is 0. The number of anilines is 1. The Labute approximate surface area is 263 Å². The van der Waals surface area contributed by atoms with Crippen LogP contribution in [0.15, 0.2) is 120 Å². The molecule has 1 heterocycles. The van der Waals surface area contributed by atoms with Crippen LogP contribution in [0.5, 0.6) is 0 Å². The topological polar surface area (TPSA) is 32.7 Å². The fourth-order valence-electron chi connectivity index (χ4n) is 6.78. The van der Waals surface area contributed by atoms with Crippen molar-refractivity contribution in [3.63, 3.8) is 0 Å². The molecule has 3 nitrogen and oxygen atoms in total. The second-order valence-corrected chi connectivity index (χ2v) is 13.1. The lowest BCUT2D eigenvalue weighted by Crippen LogP contribution is -2.28. The molecule has 0 atom stereocenters. The van der Waals surface area contributed by atoms with Gasteiger partial charge in [0.05, 0.1) is 0 Å². The van der Waals surface area contributed by atoms with Gasteiger partial charge in [0, 0.05) is 47.9 Å². The molecule has 0 saturated heterocycles. The first-order chi connectivity index (χ1) is 21.1. The number of allylic oxidation sites excluding steroid dienone is 6. The van der Waals surface area contributed by atoms with Crippen LogP contribution in [0.4, 0.5) is 5.69 Å². The lowest BCUT2D eigenvalue weighted by molar-refractivity contribution is -0.117. The van der Waals surface area contributed by atoms with Gasteiger partial charge in [-0.15, -0.1) is 0 Å². The average Bonchev–Trinajstić information content (AvgIpc) is 3.21. The fraction of sp³-hybridized carbons (Fsp3) is 0.317. The Hall–Kier alpha value is -4.24. The molecule has 3 heteroatoms. The van der Waals surface area contributed by atoms with E-state index in [1.54, 1.807) is 6.92 Å². The zero-order valence-corrected chi connectivity index (χ0v) is 27.2.